The van der Waals surface area contributed by atoms with E-state index in [0.29, 0.717) is 11.3 Å². The number of nitrogens with one attached hydrogen (secondary N) is 1. The van der Waals surface area contributed by atoms with E-state index in [-0.39, 0.29) is 24.4 Å². The smallest absolute Gasteiger partial charge is 0.338 e. The molecular formula is C20H21NO3. The molecule has 1 amide bonds. The van der Waals surface area contributed by atoms with Crippen LogP contribution in [0.25, 0.3) is 0 Å². The van der Waals surface area contributed by atoms with Crippen molar-refractivity contribution in [3.8, 4) is 0 Å². The lowest BCUT2D eigenvalue weighted by Crippen LogP contribution is -2.21. The van der Waals surface area contributed by atoms with E-state index in [2.05, 4.69) is 12.2 Å². The largest absolute Gasteiger partial charge is 0.457 e. The Bertz CT molecular complexity index is 740. The highest BCUT2D eigenvalue weighted by Gasteiger charge is 2.23. The Morgan fingerprint density at radius 3 is 2.75 bits per heavy atom. The van der Waals surface area contributed by atoms with E-state index in [1.54, 1.807) is 12.1 Å². The Balaban J connectivity index is 1.77. The van der Waals surface area contributed by atoms with Gasteiger partial charge in [0.25, 0.3) is 0 Å². The van der Waals surface area contributed by atoms with E-state index in [4.69, 9.17) is 4.74 Å². The third-order valence-corrected chi connectivity index (χ3v) is 4.32. The Morgan fingerprint density at radius 2 is 2.00 bits per heavy atom. The Hall–Kier alpha value is -2.62. The van der Waals surface area contributed by atoms with E-state index < -0.39 is 0 Å². The number of rotatable bonds is 6. The Labute approximate surface area is 141 Å². The Morgan fingerprint density at radius 1 is 1.21 bits per heavy atom. The molecule has 2 aromatic rings. The van der Waals surface area contributed by atoms with Crippen LogP contribution in [0.15, 0.2) is 48.5 Å². The molecule has 0 fully saturated rings. The molecule has 3 rings (SSSR count). The van der Waals surface area contributed by atoms with Gasteiger partial charge in [0.1, 0.15) is 6.61 Å². The second-order valence-electron chi connectivity index (χ2n) is 6.04. The van der Waals surface area contributed by atoms with Gasteiger partial charge in [0, 0.05) is 11.3 Å². The Kier molecular flexibility index (Phi) is 4.94. The van der Waals surface area contributed by atoms with Gasteiger partial charge >= 0.3 is 5.97 Å². The third kappa shape index (κ3) is 3.48. The fourth-order valence-electron chi connectivity index (χ4n) is 2.98. The third-order valence-electron chi connectivity index (χ3n) is 4.32. The van der Waals surface area contributed by atoms with Gasteiger partial charge in [-0.15, -0.1) is 0 Å². The molecule has 124 valence electrons. The predicted molar refractivity (Wildman–Crippen MR) is 92.9 cm³/mol. The van der Waals surface area contributed by atoms with Crippen molar-refractivity contribution in [3.05, 3.63) is 65.2 Å². The van der Waals surface area contributed by atoms with Crippen LogP contribution in [0.1, 0.15) is 53.6 Å². The average Bonchev–Trinajstić information content (AvgIpc) is 2.97. The topological polar surface area (TPSA) is 55.4 Å². The van der Waals surface area contributed by atoms with Crippen LogP contribution in [0.5, 0.6) is 0 Å². The molecule has 24 heavy (non-hydrogen) atoms. The summed E-state index contributed by atoms with van der Waals surface area (Å²) in [4.78, 5) is 24.3. The highest BCUT2D eigenvalue weighted by atomic mass is 16.5. The zero-order valence-electron chi connectivity index (χ0n) is 13.7. The maximum absolute atomic E-state index is 12.8. The molecule has 0 aliphatic carbocycles. The minimum absolute atomic E-state index is 0.0140. The van der Waals surface area contributed by atoms with Crippen LogP contribution in [0, 0.1) is 0 Å². The number of carbonyl (C=O) groups excluding carboxylic acids is 2. The van der Waals surface area contributed by atoms with Crippen molar-refractivity contribution in [2.75, 3.05) is 5.32 Å². The summed E-state index contributed by atoms with van der Waals surface area (Å²) >= 11 is 0. The molecule has 1 heterocycles. The number of cyclic esters (lactones) is 1. The summed E-state index contributed by atoms with van der Waals surface area (Å²) in [6, 6.07) is 15.1. The first-order chi connectivity index (χ1) is 11.7. The molecule has 0 spiro atoms. The van der Waals surface area contributed by atoms with Gasteiger partial charge in [-0.3, -0.25) is 4.79 Å². The van der Waals surface area contributed by atoms with Crippen molar-refractivity contribution >= 4 is 17.6 Å². The summed E-state index contributed by atoms with van der Waals surface area (Å²) in [6.07, 6.45) is 2.87. The minimum Gasteiger partial charge on any atom is -0.457 e. The number of benzene rings is 2. The van der Waals surface area contributed by atoms with Gasteiger partial charge in [-0.2, -0.15) is 0 Å². The molecule has 1 unspecified atom stereocenters. The second-order valence-corrected chi connectivity index (χ2v) is 6.04. The van der Waals surface area contributed by atoms with Gasteiger partial charge in [0.05, 0.1) is 11.5 Å². The molecule has 1 atom stereocenters. The standard InChI is InChI=1S/C20H21NO3/c1-2-3-9-17(14-7-5-4-6-8-14)19(22)21-16-10-11-18-15(12-16)13-24-20(18)23/h4-8,10-12,17H,2-3,9,13H2,1H3,(H,21,22). The van der Waals surface area contributed by atoms with Crippen molar-refractivity contribution in [1.29, 1.82) is 0 Å². The van der Waals surface area contributed by atoms with Gasteiger partial charge in [0.15, 0.2) is 0 Å². The van der Waals surface area contributed by atoms with Crippen LogP contribution in [-0.2, 0) is 16.1 Å². The molecule has 0 radical (unpaired) electrons. The van der Waals surface area contributed by atoms with E-state index in [1.165, 1.54) is 0 Å². The van der Waals surface area contributed by atoms with Crippen molar-refractivity contribution < 1.29 is 14.3 Å². The lowest BCUT2D eigenvalue weighted by molar-refractivity contribution is -0.117. The molecule has 1 N–H and O–H groups in total. The second kappa shape index (κ2) is 7.30. The van der Waals surface area contributed by atoms with Gasteiger partial charge < -0.3 is 10.1 Å². The normalized spacial score (nSPS) is 14.0. The van der Waals surface area contributed by atoms with Gasteiger partial charge in [-0.05, 0) is 30.2 Å². The zero-order chi connectivity index (χ0) is 16.9. The number of fused-ring (bicyclic) bond motifs is 1. The summed E-state index contributed by atoms with van der Waals surface area (Å²) in [7, 11) is 0. The van der Waals surface area contributed by atoms with Crippen molar-refractivity contribution in [3.63, 3.8) is 0 Å². The van der Waals surface area contributed by atoms with Crippen LogP contribution in [0.4, 0.5) is 5.69 Å². The van der Waals surface area contributed by atoms with Crippen molar-refractivity contribution in [2.24, 2.45) is 0 Å². The molecular weight excluding hydrogens is 302 g/mol. The van der Waals surface area contributed by atoms with E-state index in [9.17, 15) is 9.59 Å². The summed E-state index contributed by atoms with van der Waals surface area (Å²) in [5.74, 6) is -0.481. The number of carbonyl (C=O) groups is 2. The van der Waals surface area contributed by atoms with Gasteiger partial charge in [-0.25, -0.2) is 4.79 Å². The minimum atomic E-state index is -0.298. The molecule has 1 aliphatic rings. The van der Waals surface area contributed by atoms with Crippen LogP contribution in [-0.4, -0.2) is 11.9 Å². The summed E-state index contributed by atoms with van der Waals surface area (Å²) in [5.41, 5.74) is 3.14. The number of hydrogen-bond acceptors (Lipinski definition) is 3. The van der Waals surface area contributed by atoms with Crippen molar-refractivity contribution in [2.45, 2.75) is 38.7 Å². The molecule has 0 bridgehead atoms. The van der Waals surface area contributed by atoms with Gasteiger partial charge in [-0.1, -0.05) is 50.1 Å². The molecule has 0 saturated carbocycles. The number of esters is 1. The fraction of sp³-hybridized carbons (Fsp3) is 0.300. The molecule has 1 aliphatic heterocycles. The molecule has 2 aromatic carbocycles. The molecule has 4 nitrogen and oxygen atoms in total. The zero-order valence-corrected chi connectivity index (χ0v) is 13.7. The van der Waals surface area contributed by atoms with E-state index >= 15 is 0 Å². The SMILES string of the molecule is CCCCC(C(=O)Nc1ccc2c(c1)COC2=O)c1ccccc1. The van der Waals surface area contributed by atoms with E-state index in [1.807, 2.05) is 36.4 Å². The van der Waals surface area contributed by atoms with Gasteiger partial charge in [0.2, 0.25) is 5.91 Å². The van der Waals surface area contributed by atoms with Crippen LogP contribution < -0.4 is 5.32 Å². The fourth-order valence-corrected chi connectivity index (χ4v) is 2.98. The number of ether oxygens (including phenoxy) is 1. The summed E-state index contributed by atoms with van der Waals surface area (Å²) in [6.45, 7) is 2.40. The lowest BCUT2D eigenvalue weighted by atomic mass is 9.92. The van der Waals surface area contributed by atoms with Crippen LogP contribution in [0.2, 0.25) is 0 Å². The average molecular weight is 323 g/mol. The highest BCUT2D eigenvalue weighted by molar-refractivity contribution is 5.98. The maximum atomic E-state index is 12.8. The number of anilines is 1. The monoisotopic (exact) mass is 323 g/mol. The van der Waals surface area contributed by atoms with Crippen LogP contribution >= 0.6 is 0 Å². The molecule has 0 aromatic heterocycles. The quantitative estimate of drug-likeness (QED) is 0.808. The maximum Gasteiger partial charge on any atom is 0.338 e. The van der Waals surface area contributed by atoms with Crippen LogP contribution in [0.3, 0.4) is 0 Å². The predicted octanol–water partition coefficient (Wildman–Crippen LogP) is 4.27. The molecule has 4 heteroatoms. The highest BCUT2D eigenvalue weighted by Crippen LogP contribution is 2.26. The summed E-state index contributed by atoms with van der Waals surface area (Å²) in [5, 5.41) is 2.99. The lowest BCUT2D eigenvalue weighted by Gasteiger charge is -2.17. The first-order valence-electron chi connectivity index (χ1n) is 8.35. The summed E-state index contributed by atoms with van der Waals surface area (Å²) < 4.78 is 5.00. The van der Waals surface area contributed by atoms with E-state index in [0.717, 1.165) is 30.4 Å². The number of hydrogen-bond donors (Lipinski definition) is 1. The van der Waals surface area contributed by atoms with Crippen molar-refractivity contribution in [1.82, 2.24) is 0 Å². The first-order valence-corrected chi connectivity index (χ1v) is 8.35. The first kappa shape index (κ1) is 16.2. The number of amides is 1. The number of unbranched alkanes of at least 4 members (excludes halogenated alkanes) is 1. The molecule has 0 saturated heterocycles.